The van der Waals surface area contributed by atoms with Gasteiger partial charge in [-0.3, -0.25) is 4.79 Å². The first kappa shape index (κ1) is 22.4. The van der Waals surface area contributed by atoms with E-state index in [0.29, 0.717) is 0 Å². The van der Waals surface area contributed by atoms with Gasteiger partial charge in [0, 0.05) is 11.5 Å². The van der Waals surface area contributed by atoms with E-state index in [4.69, 9.17) is 23.2 Å². The summed E-state index contributed by atoms with van der Waals surface area (Å²) in [5.74, 6) is -0.633. The molecule has 0 radical (unpaired) electrons. The third-order valence-electron chi connectivity index (χ3n) is 2.56. The van der Waals surface area contributed by atoms with Gasteiger partial charge >= 0.3 is 0 Å². The molecule has 0 bridgehead atoms. The maximum absolute atomic E-state index is 12.4. The van der Waals surface area contributed by atoms with Gasteiger partial charge in [0.2, 0.25) is 10.0 Å². The normalized spacial score (nSPS) is 11.9. The van der Waals surface area contributed by atoms with Crippen molar-refractivity contribution in [2.75, 3.05) is 0 Å². The van der Waals surface area contributed by atoms with Crippen LogP contribution in [0.5, 0.6) is 0 Å². The van der Waals surface area contributed by atoms with Crippen LogP contribution in [-0.2, 0) is 10.0 Å². The standard InChI is InChI=1S/C14H19Cl2NO3S.C2H6/c1-8(2)13(18)11-9(15)6-7-10(12(11)16)21(19,20)17-14(3,4)5;1-2/h6-8,17H,1-5H3;1-2H3. The van der Waals surface area contributed by atoms with Crippen LogP contribution in [0, 0.1) is 5.92 Å². The minimum absolute atomic E-state index is 0.0464. The molecule has 1 aromatic rings. The molecule has 0 aliphatic carbocycles. The van der Waals surface area contributed by atoms with Crippen LogP contribution >= 0.6 is 23.2 Å². The Balaban J connectivity index is 0.00000232. The monoisotopic (exact) mass is 381 g/mol. The van der Waals surface area contributed by atoms with Crippen LogP contribution < -0.4 is 4.72 Å². The summed E-state index contributed by atoms with van der Waals surface area (Å²) in [6, 6.07) is 2.68. The largest absolute Gasteiger partial charge is 0.294 e. The highest BCUT2D eigenvalue weighted by Crippen LogP contribution is 2.33. The molecule has 0 atom stereocenters. The first-order valence-electron chi connectivity index (χ1n) is 7.43. The van der Waals surface area contributed by atoms with E-state index in [9.17, 15) is 13.2 Å². The molecule has 0 heterocycles. The van der Waals surface area contributed by atoms with E-state index in [1.807, 2.05) is 13.8 Å². The third-order valence-corrected chi connectivity index (χ3v) is 5.18. The smallest absolute Gasteiger partial charge is 0.242 e. The molecule has 1 rings (SSSR count). The summed E-state index contributed by atoms with van der Waals surface area (Å²) in [7, 11) is -3.84. The molecular weight excluding hydrogens is 357 g/mol. The van der Waals surface area contributed by atoms with Crippen molar-refractivity contribution in [3.05, 3.63) is 27.7 Å². The first-order valence-corrected chi connectivity index (χ1v) is 9.67. The van der Waals surface area contributed by atoms with Gasteiger partial charge in [-0.05, 0) is 32.9 Å². The van der Waals surface area contributed by atoms with Gasteiger partial charge in [0.1, 0.15) is 4.90 Å². The summed E-state index contributed by atoms with van der Waals surface area (Å²) < 4.78 is 27.3. The van der Waals surface area contributed by atoms with E-state index in [2.05, 4.69) is 4.72 Å². The highest BCUT2D eigenvalue weighted by atomic mass is 35.5. The van der Waals surface area contributed by atoms with Crippen LogP contribution in [0.4, 0.5) is 0 Å². The first-order chi connectivity index (χ1) is 10.4. The Morgan fingerprint density at radius 3 is 2.00 bits per heavy atom. The van der Waals surface area contributed by atoms with Gasteiger partial charge in [-0.1, -0.05) is 50.9 Å². The minimum atomic E-state index is -3.84. The van der Waals surface area contributed by atoms with Crippen molar-refractivity contribution in [2.24, 2.45) is 5.92 Å². The molecule has 0 fully saturated rings. The molecule has 1 N–H and O–H groups in total. The second-order valence-corrected chi connectivity index (χ2v) is 8.54. The van der Waals surface area contributed by atoms with Crippen LogP contribution in [-0.4, -0.2) is 19.7 Å². The highest BCUT2D eigenvalue weighted by Gasteiger charge is 2.28. The van der Waals surface area contributed by atoms with Gasteiger partial charge in [-0.25, -0.2) is 13.1 Å². The molecule has 0 aliphatic rings. The lowest BCUT2D eigenvalue weighted by molar-refractivity contribution is 0.0939. The SMILES string of the molecule is CC.CC(C)C(=O)c1c(Cl)ccc(S(=O)(=O)NC(C)(C)C)c1Cl. The van der Waals surface area contributed by atoms with Crippen molar-refractivity contribution in [2.45, 2.75) is 58.9 Å². The maximum Gasteiger partial charge on any atom is 0.242 e. The second kappa shape index (κ2) is 8.47. The average molecular weight is 382 g/mol. The molecule has 7 heteroatoms. The van der Waals surface area contributed by atoms with Crippen molar-refractivity contribution < 1.29 is 13.2 Å². The zero-order valence-corrected chi connectivity index (χ0v) is 16.9. The van der Waals surface area contributed by atoms with Crippen molar-refractivity contribution >= 4 is 39.0 Å². The van der Waals surface area contributed by atoms with Gasteiger partial charge in [0.15, 0.2) is 5.78 Å². The summed E-state index contributed by atoms with van der Waals surface area (Å²) >= 11 is 12.1. The number of hydrogen-bond acceptors (Lipinski definition) is 3. The van der Waals surface area contributed by atoms with E-state index in [1.54, 1.807) is 34.6 Å². The van der Waals surface area contributed by atoms with Gasteiger partial charge in [0.25, 0.3) is 0 Å². The molecule has 1 aromatic carbocycles. The lowest BCUT2D eigenvalue weighted by Gasteiger charge is -2.21. The lowest BCUT2D eigenvalue weighted by atomic mass is 10.0. The van der Waals surface area contributed by atoms with Crippen molar-refractivity contribution in [1.29, 1.82) is 0 Å². The minimum Gasteiger partial charge on any atom is -0.294 e. The van der Waals surface area contributed by atoms with Gasteiger partial charge in [-0.15, -0.1) is 0 Å². The second-order valence-electron chi connectivity index (χ2n) is 6.11. The molecule has 23 heavy (non-hydrogen) atoms. The number of Topliss-reactive ketones (excluding diaryl/α,β-unsaturated/α-hetero) is 1. The number of carbonyl (C=O) groups is 1. The fourth-order valence-corrected chi connectivity index (χ4v) is 4.08. The average Bonchev–Trinajstić information content (AvgIpc) is 2.37. The van der Waals surface area contributed by atoms with E-state index in [-0.39, 0.29) is 32.2 Å². The Morgan fingerprint density at radius 1 is 1.13 bits per heavy atom. The van der Waals surface area contributed by atoms with Crippen LogP contribution in [0.3, 0.4) is 0 Å². The van der Waals surface area contributed by atoms with Crippen LogP contribution in [0.1, 0.15) is 58.8 Å². The number of sulfonamides is 1. The zero-order chi connectivity index (χ0) is 18.6. The Bertz CT molecular complexity index is 663. The summed E-state index contributed by atoms with van der Waals surface area (Å²) in [6.07, 6.45) is 0. The van der Waals surface area contributed by atoms with Crippen LogP contribution in [0.15, 0.2) is 17.0 Å². The molecule has 0 aliphatic heterocycles. The molecule has 4 nitrogen and oxygen atoms in total. The number of carbonyl (C=O) groups excluding carboxylic acids is 1. The fourth-order valence-electron chi connectivity index (χ4n) is 1.71. The molecule has 0 amide bonds. The summed E-state index contributed by atoms with van der Waals surface area (Å²) in [5.41, 5.74) is -0.616. The maximum atomic E-state index is 12.4. The number of halogens is 2. The van der Waals surface area contributed by atoms with Crippen LogP contribution in [0.25, 0.3) is 0 Å². The van der Waals surface area contributed by atoms with Crippen molar-refractivity contribution in [3.63, 3.8) is 0 Å². The summed E-state index contributed by atoms with van der Waals surface area (Å²) in [6.45, 7) is 12.5. The Morgan fingerprint density at radius 2 is 1.61 bits per heavy atom. The Kier molecular flexibility index (Phi) is 8.24. The topological polar surface area (TPSA) is 63.2 Å². The number of benzene rings is 1. The molecule has 0 spiro atoms. The number of ketones is 1. The predicted molar refractivity (Wildman–Crippen MR) is 97.1 cm³/mol. The number of hydrogen-bond donors (Lipinski definition) is 1. The molecule has 0 saturated carbocycles. The van der Waals surface area contributed by atoms with Gasteiger partial charge < -0.3 is 0 Å². The molecule has 0 unspecified atom stereocenters. The van der Waals surface area contributed by atoms with E-state index in [0.717, 1.165) is 0 Å². The zero-order valence-electron chi connectivity index (χ0n) is 14.6. The lowest BCUT2D eigenvalue weighted by Crippen LogP contribution is -2.40. The quantitative estimate of drug-likeness (QED) is 0.751. The summed E-state index contributed by atoms with van der Waals surface area (Å²) in [4.78, 5) is 12.0. The fraction of sp³-hybridized carbons (Fsp3) is 0.562. The highest BCUT2D eigenvalue weighted by molar-refractivity contribution is 7.89. The van der Waals surface area contributed by atoms with E-state index < -0.39 is 15.6 Å². The van der Waals surface area contributed by atoms with Gasteiger partial charge in [0.05, 0.1) is 15.6 Å². The number of rotatable bonds is 4. The van der Waals surface area contributed by atoms with Gasteiger partial charge in [-0.2, -0.15) is 0 Å². The third kappa shape index (κ3) is 6.07. The van der Waals surface area contributed by atoms with Crippen LogP contribution in [0.2, 0.25) is 10.0 Å². The Hall–Kier alpha value is -0.620. The van der Waals surface area contributed by atoms with Crippen molar-refractivity contribution in [3.8, 4) is 0 Å². The van der Waals surface area contributed by atoms with E-state index in [1.165, 1.54) is 12.1 Å². The predicted octanol–water partition coefficient (Wildman–Crippen LogP) is 4.94. The molecule has 0 aromatic heterocycles. The molecule has 0 saturated heterocycles. The summed E-state index contributed by atoms with van der Waals surface area (Å²) in [5, 5.41) is 0.00589. The molecular formula is C16H25Cl2NO3S. The van der Waals surface area contributed by atoms with Crippen molar-refractivity contribution in [1.82, 2.24) is 4.72 Å². The molecule has 132 valence electrons. The number of nitrogens with one attached hydrogen (secondary N) is 1. The van der Waals surface area contributed by atoms with E-state index >= 15 is 0 Å². The Labute approximate surface area is 149 Å².